The molecule has 1 aromatic rings. The Balaban J connectivity index is 2.52. The molecule has 3 nitrogen and oxygen atoms in total. The molecule has 0 atom stereocenters. The van der Waals surface area contributed by atoms with Gasteiger partial charge in [0.2, 0.25) is 5.95 Å². The van der Waals surface area contributed by atoms with E-state index in [1.807, 2.05) is 12.4 Å². The van der Waals surface area contributed by atoms with Gasteiger partial charge in [0.05, 0.1) is 0 Å². The molecule has 3 heteroatoms. The molecule has 1 N–H and O–H groups in total. The van der Waals surface area contributed by atoms with Gasteiger partial charge in [-0.1, -0.05) is 41.5 Å². The van der Waals surface area contributed by atoms with Crippen LogP contribution in [0.15, 0.2) is 12.4 Å². The van der Waals surface area contributed by atoms with Gasteiger partial charge in [0.1, 0.15) is 0 Å². The summed E-state index contributed by atoms with van der Waals surface area (Å²) in [6, 6.07) is 0. The van der Waals surface area contributed by atoms with Crippen molar-refractivity contribution in [3.05, 3.63) is 18.0 Å². The fraction of sp³-hybridized carbons (Fsp3) is 0.714. The summed E-state index contributed by atoms with van der Waals surface area (Å²) in [5.74, 6) is 0.724. The number of rotatable bonds is 3. The highest BCUT2D eigenvalue weighted by atomic mass is 15.1. The Morgan fingerprint density at radius 2 is 1.53 bits per heavy atom. The van der Waals surface area contributed by atoms with Crippen LogP contribution in [0.3, 0.4) is 0 Å². The highest BCUT2D eigenvalue weighted by Crippen LogP contribution is 2.21. The van der Waals surface area contributed by atoms with Crippen molar-refractivity contribution in [3.63, 3.8) is 0 Å². The minimum atomic E-state index is 0.115. The molecule has 0 aliphatic heterocycles. The van der Waals surface area contributed by atoms with Gasteiger partial charge >= 0.3 is 0 Å². The first-order valence-electron chi connectivity index (χ1n) is 6.25. The zero-order valence-electron chi connectivity index (χ0n) is 12.0. The second kappa shape index (κ2) is 5.03. The second-order valence-corrected chi connectivity index (χ2v) is 6.78. The van der Waals surface area contributed by atoms with Gasteiger partial charge in [-0.2, -0.15) is 0 Å². The van der Waals surface area contributed by atoms with Crippen molar-refractivity contribution in [1.82, 2.24) is 9.97 Å². The molecule has 0 aliphatic carbocycles. The maximum absolute atomic E-state index is 4.34. The van der Waals surface area contributed by atoms with Crippen LogP contribution < -0.4 is 5.32 Å². The van der Waals surface area contributed by atoms with E-state index in [1.54, 1.807) is 0 Å². The summed E-state index contributed by atoms with van der Waals surface area (Å²) < 4.78 is 0. The van der Waals surface area contributed by atoms with Crippen molar-refractivity contribution in [2.75, 3.05) is 11.9 Å². The molecule has 0 spiro atoms. The smallest absolute Gasteiger partial charge is 0.222 e. The van der Waals surface area contributed by atoms with Gasteiger partial charge < -0.3 is 5.32 Å². The van der Waals surface area contributed by atoms with Crippen molar-refractivity contribution < 1.29 is 0 Å². The Bertz CT molecular complexity index is 341. The third kappa shape index (κ3) is 5.16. The summed E-state index contributed by atoms with van der Waals surface area (Å²) >= 11 is 0. The third-order valence-corrected chi connectivity index (χ3v) is 2.68. The molecular formula is C14H25N3. The fourth-order valence-corrected chi connectivity index (χ4v) is 1.36. The van der Waals surface area contributed by atoms with Crippen LogP contribution in [0.25, 0.3) is 0 Å². The summed E-state index contributed by atoms with van der Waals surface area (Å²) in [7, 11) is 0. The van der Waals surface area contributed by atoms with Crippen LogP contribution >= 0.6 is 0 Å². The molecule has 0 fully saturated rings. The van der Waals surface area contributed by atoms with E-state index in [0.717, 1.165) is 18.9 Å². The number of nitrogens with zero attached hydrogens (tertiary/aromatic N) is 2. The zero-order chi connectivity index (χ0) is 13.1. The minimum Gasteiger partial charge on any atom is -0.354 e. The Labute approximate surface area is 105 Å². The lowest BCUT2D eigenvalue weighted by Gasteiger charge is -2.19. The predicted octanol–water partition coefficient (Wildman–Crippen LogP) is 3.62. The molecule has 96 valence electrons. The van der Waals surface area contributed by atoms with Crippen LogP contribution in [-0.4, -0.2) is 16.5 Å². The van der Waals surface area contributed by atoms with Crippen molar-refractivity contribution in [1.29, 1.82) is 0 Å². The van der Waals surface area contributed by atoms with Crippen molar-refractivity contribution >= 4 is 5.95 Å². The van der Waals surface area contributed by atoms with E-state index < -0.39 is 0 Å². The van der Waals surface area contributed by atoms with Crippen LogP contribution in [0.4, 0.5) is 5.95 Å². The van der Waals surface area contributed by atoms with Crippen molar-refractivity contribution in [2.24, 2.45) is 5.41 Å². The number of hydrogen-bond acceptors (Lipinski definition) is 3. The molecule has 0 saturated heterocycles. The van der Waals surface area contributed by atoms with E-state index in [-0.39, 0.29) is 5.41 Å². The van der Waals surface area contributed by atoms with Gasteiger partial charge in [-0.15, -0.1) is 0 Å². The average molecular weight is 235 g/mol. The number of aromatic nitrogens is 2. The van der Waals surface area contributed by atoms with E-state index >= 15 is 0 Å². The molecule has 0 unspecified atom stereocenters. The lowest BCUT2D eigenvalue weighted by molar-refractivity contribution is 0.389. The number of anilines is 1. The molecule has 0 amide bonds. The Hall–Kier alpha value is -1.12. The van der Waals surface area contributed by atoms with Gasteiger partial charge in [0.25, 0.3) is 0 Å². The summed E-state index contributed by atoms with van der Waals surface area (Å²) in [6.07, 6.45) is 4.93. The van der Waals surface area contributed by atoms with E-state index in [2.05, 4.69) is 56.8 Å². The second-order valence-electron chi connectivity index (χ2n) is 6.78. The van der Waals surface area contributed by atoms with E-state index in [1.165, 1.54) is 5.56 Å². The molecule has 1 rings (SSSR count). The fourth-order valence-electron chi connectivity index (χ4n) is 1.36. The van der Waals surface area contributed by atoms with Crippen molar-refractivity contribution in [2.45, 2.75) is 53.4 Å². The predicted molar refractivity (Wildman–Crippen MR) is 73.3 cm³/mol. The van der Waals surface area contributed by atoms with Crippen LogP contribution in [0.2, 0.25) is 0 Å². The molecular weight excluding hydrogens is 210 g/mol. The van der Waals surface area contributed by atoms with Crippen molar-refractivity contribution in [3.8, 4) is 0 Å². The highest BCUT2D eigenvalue weighted by Gasteiger charge is 2.14. The molecule has 17 heavy (non-hydrogen) atoms. The molecule has 0 aromatic carbocycles. The third-order valence-electron chi connectivity index (χ3n) is 2.68. The maximum Gasteiger partial charge on any atom is 0.222 e. The first kappa shape index (κ1) is 13.9. The lowest BCUT2D eigenvalue weighted by atomic mass is 9.89. The normalized spacial score (nSPS) is 12.6. The Kier molecular flexibility index (Phi) is 4.12. The van der Waals surface area contributed by atoms with Gasteiger partial charge in [-0.25, -0.2) is 9.97 Å². The first-order valence-corrected chi connectivity index (χ1v) is 6.25. The number of nitrogens with one attached hydrogen (secondary N) is 1. The van der Waals surface area contributed by atoms with Crippen LogP contribution in [0.1, 0.15) is 53.5 Å². The van der Waals surface area contributed by atoms with Gasteiger partial charge in [0.15, 0.2) is 0 Å². The van der Waals surface area contributed by atoms with Crippen LogP contribution in [0.5, 0.6) is 0 Å². The summed E-state index contributed by atoms with van der Waals surface area (Å²) in [6.45, 7) is 14.1. The summed E-state index contributed by atoms with van der Waals surface area (Å²) in [5.41, 5.74) is 1.63. The van der Waals surface area contributed by atoms with E-state index in [4.69, 9.17) is 0 Å². The summed E-state index contributed by atoms with van der Waals surface area (Å²) in [4.78, 5) is 8.68. The van der Waals surface area contributed by atoms with Crippen LogP contribution in [-0.2, 0) is 5.41 Å². The monoisotopic (exact) mass is 235 g/mol. The van der Waals surface area contributed by atoms with Gasteiger partial charge in [-0.05, 0) is 22.8 Å². The Morgan fingerprint density at radius 1 is 1.00 bits per heavy atom. The molecule has 0 aliphatic rings. The van der Waals surface area contributed by atoms with Crippen LogP contribution in [0, 0.1) is 5.41 Å². The molecule has 1 heterocycles. The van der Waals surface area contributed by atoms with E-state index in [9.17, 15) is 0 Å². The molecule has 0 radical (unpaired) electrons. The SMILES string of the molecule is CC(C)(C)CCNc1ncc(C(C)(C)C)cn1. The topological polar surface area (TPSA) is 37.8 Å². The highest BCUT2D eigenvalue weighted by molar-refractivity contribution is 5.27. The first-order chi connectivity index (χ1) is 7.68. The average Bonchev–Trinajstić information content (AvgIpc) is 2.15. The Morgan fingerprint density at radius 3 is 1.94 bits per heavy atom. The minimum absolute atomic E-state index is 0.115. The van der Waals surface area contributed by atoms with E-state index in [0.29, 0.717) is 5.41 Å². The summed E-state index contributed by atoms with van der Waals surface area (Å²) in [5, 5.41) is 3.26. The molecule has 0 saturated carbocycles. The standard InChI is InChI=1S/C14H25N3/c1-13(2,3)7-8-15-12-16-9-11(10-17-12)14(4,5)6/h9-10H,7-8H2,1-6H3,(H,15,16,17). The lowest BCUT2D eigenvalue weighted by Crippen LogP contribution is -2.15. The molecule has 0 bridgehead atoms. The zero-order valence-corrected chi connectivity index (χ0v) is 12.0. The number of hydrogen-bond donors (Lipinski definition) is 1. The quantitative estimate of drug-likeness (QED) is 0.869. The molecule has 1 aromatic heterocycles. The van der Waals surface area contributed by atoms with Gasteiger partial charge in [-0.3, -0.25) is 0 Å². The maximum atomic E-state index is 4.34. The van der Waals surface area contributed by atoms with Gasteiger partial charge in [0, 0.05) is 18.9 Å². The largest absolute Gasteiger partial charge is 0.354 e.